The Kier molecular flexibility index (Phi) is 5.20. The van der Waals surface area contributed by atoms with Gasteiger partial charge < -0.3 is 15.3 Å². The van der Waals surface area contributed by atoms with E-state index in [2.05, 4.69) is 54.5 Å². The third kappa shape index (κ3) is 2.88. The maximum absolute atomic E-state index is 12.8. The van der Waals surface area contributed by atoms with Gasteiger partial charge in [-0.05, 0) is 103 Å². The molecule has 4 nitrogen and oxygen atoms in total. The van der Waals surface area contributed by atoms with Crippen LogP contribution in [-0.4, -0.2) is 33.5 Å². The van der Waals surface area contributed by atoms with E-state index in [1.807, 2.05) is 0 Å². The van der Waals surface area contributed by atoms with Gasteiger partial charge in [0, 0.05) is 0 Å². The van der Waals surface area contributed by atoms with Crippen LogP contribution in [0.1, 0.15) is 106 Å². The van der Waals surface area contributed by atoms with Crippen LogP contribution in [0.3, 0.4) is 0 Å². The third-order valence-electron chi connectivity index (χ3n) is 12.9. The van der Waals surface area contributed by atoms with Crippen LogP contribution in [0, 0.1) is 50.2 Å². The standard InChI is InChI=1S/C30H48O4/c1-25(2)12-14-30(24(33)34)15-13-28(6)18(19(30)16-25)8-9-21-27(5)11-10-22(32)26(3,4)23(27)20(31)17-29(21,28)7/h8,19-23,31-32H,9-17H2,1-7H3,(H,33,34)/t19-,20-,21-,22-,23-,27+,28+,29-,30+/m0/s1. The zero-order valence-corrected chi connectivity index (χ0v) is 22.6. The lowest BCUT2D eigenvalue weighted by atomic mass is 9.33. The second-order valence-corrected chi connectivity index (χ2v) is 15.2. The summed E-state index contributed by atoms with van der Waals surface area (Å²) in [7, 11) is 0. The molecule has 4 fully saturated rings. The van der Waals surface area contributed by atoms with Crippen molar-refractivity contribution in [1.29, 1.82) is 0 Å². The number of fused-ring (bicyclic) bond motifs is 7. The summed E-state index contributed by atoms with van der Waals surface area (Å²) in [5.74, 6) is 0.0121. The Morgan fingerprint density at radius 1 is 0.912 bits per heavy atom. The van der Waals surface area contributed by atoms with E-state index in [4.69, 9.17) is 0 Å². The highest BCUT2D eigenvalue weighted by atomic mass is 16.4. The van der Waals surface area contributed by atoms with E-state index in [0.29, 0.717) is 5.92 Å². The van der Waals surface area contributed by atoms with Gasteiger partial charge in [0.1, 0.15) is 0 Å². The van der Waals surface area contributed by atoms with Gasteiger partial charge in [-0.15, -0.1) is 0 Å². The molecule has 4 heteroatoms. The van der Waals surface area contributed by atoms with E-state index in [1.54, 1.807) is 0 Å². The molecule has 0 aromatic rings. The predicted octanol–water partition coefficient (Wildman–Crippen LogP) is 6.20. The minimum atomic E-state index is -0.624. The van der Waals surface area contributed by atoms with Crippen LogP contribution in [0.4, 0.5) is 0 Å². The zero-order valence-electron chi connectivity index (χ0n) is 22.6. The number of allylic oxidation sites excluding steroid dienone is 2. The van der Waals surface area contributed by atoms with Gasteiger partial charge in [0.15, 0.2) is 0 Å². The molecule has 0 unspecified atom stereocenters. The molecule has 5 aliphatic carbocycles. The van der Waals surface area contributed by atoms with E-state index >= 15 is 0 Å². The number of carboxylic acids is 1. The molecule has 0 amide bonds. The van der Waals surface area contributed by atoms with Crippen molar-refractivity contribution in [2.75, 3.05) is 0 Å². The van der Waals surface area contributed by atoms with Crippen molar-refractivity contribution < 1.29 is 20.1 Å². The highest BCUT2D eigenvalue weighted by Gasteiger charge is 2.70. The molecule has 0 saturated heterocycles. The van der Waals surface area contributed by atoms with Crippen molar-refractivity contribution in [3.05, 3.63) is 11.6 Å². The number of rotatable bonds is 1. The van der Waals surface area contributed by atoms with E-state index in [0.717, 1.165) is 57.8 Å². The number of carboxylic acid groups (broad SMARTS) is 1. The van der Waals surface area contributed by atoms with Crippen molar-refractivity contribution in [3.63, 3.8) is 0 Å². The molecule has 0 aromatic carbocycles. The van der Waals surface area contributed by atoms with Gasteiger partial charge in [0.25, 0.3) is 0 Å². The first-order valence-electron chi connectivity index (χ1n) is 13.9. The summed E-state index contributed by atoms with van der Waals surface area (Å²) < 4.78 is 0. The molecule has 5 aliphatic rings. The molecule has 34 heavy (non-hydrogen) atoms. The first kappa shape index (κ1) is 24.8. The van der Waals surface area contributed by atoms with E-state index < -0.39 is 17.5 Å². The summed E-state index contributed by atoms with van der Waals surface area (Å²) in [6, 6.07) is 0. The fraction of sp³-hybridized carbons (Fsp3) is 0.900. The lowest BCUT2D eigenvalue weighted by molar-refractivity contribution is -0.242. The second kappa shape index (κ2) is 7.12. The molecule has 5 rings (SSSR count). The lowest BCUT2D eigenvalue weighted by Crippen LogP contribution is -2.68. The van der Waals surface area contributed by atoms with Gasteiger partial charge in [-0.1, -0.05) is 60.1 Å². The minimum Gasteiger partial charge on any atom is -0.481 e. The van der Waals surface area contributed by atoms with Crippen LogP contribution < -0.4 is 0 Å². The topological polar surface area (TPSA) is 77.8 Å². The SMILES string of the molecule is CC1(C)CC[C@@]2(C(=O)O)CC[C@]3(C)C(=CC[C@H]4[C@@]5(C)CC[C@H](O)C(C)(C)[C@@H]5[C@@H](O)C[C@@]43C)[C@@H]2C1. The molecule has 0 spiro atoms. The Labute approximate surface area is 206 Å². The Morgan fingerprint density at radius 2 is 1.56 bits per heavy atom. The highest BCUT2D eigenvalue weighted by molar-refractivity contribution is 5.76. The van der Waals surface area contributed by atoms with Gasteiger partial charge >= 0.3 is 5.97 Å². The molecule has 9 atom stereocenters. The van der Waals surface area contributed by atoms with Crippen LogP contribution in [0.15, 0.2) is 11.6 Å². The van der Waals surface area contributed by atoms with Gasteiger partial charge in [0.05, 0.1) is 17.6 Å². The van der Waals surface area contributed by atoms with Gasteiger partial charge in [-0.3, -0.25) is 4.79 Å². The monoisotopic (exact) mass is 472 g/mol. The Hall–Kier alpha value is -0.870. The third-order valence-corrected chi connectivity index (χ3v) is 12.9. The molecule has 4 saturated carbocycles. The second-order valence-electron chi connectivity index (χ2n) is 15.2. The molecular formula is C30H48O4. The van der Waals surface area contributed by atoms with Crippen LogP contribution in [-0.2, 0) is 4.79 Å². The van der Waals surface area contributed by atoms with E-state index in [-0.39, 0.29) is 45.0 Å². The van der Waals surface area contributed by atoms with Crippen molar-refractivity contribution >= 4 is 5.97 Å². The van der Waals surface area contributed by atoms with E-state index in [1.165, 1.54) is 5.57 Å². The molecule has 0 aliphatic heterocycles. The minimum absolute atomic E-state index is 0.0344. The van der Waals surface area contributed by atoms with Crippen molar-refractivity contribution in [3.8, 4) is 0 Å². The summed E-state index contributed by atoms with van der Waals surface area (Å²) in [4.78, 5) is 12.8. The van der Waals surface area contributed by atoms with Gasteiger partial charge in [0.2, 0.25) is 0 Å². The molecule has 0 heterocycles. The average molecular weight is 473 g/mol. The molecule has 0 aromatic heterocycles. The van der Waals surface area contributed by atoms with Crippen molar-refractivity contribution in [1.82, 2.24) is 0 Å². The first-order chi connectivity index (χ1) is 15.6. The van der Waals surface area contributed by atoms with Crippen LogP contribution in [0.2, 0.25) is 0 Å². The van der Waals surface area contributed by atoms with Gasteiger partial charge in [-0.2, -0.15) is 0 Å². The molecule has 0 radical (unpaired) electrons. The van der Waals surface area contributed by atoms with Crippen LogP contribution in [0.5, 0.6) is 0 Å². The van der Waals surface area contributed by atoms with Crippen LogP contribution >= 0.6 is 0 Å². The predicted molar refractivity (Wildman–Crippen MR) is 134 cm³/mol. The zero-order chi connectivity index (χ0) is 25.1. The molecule has 0 bridgehead atoms. The number of aliphatic hydroxyl groups excluding tert-OH is 2. The number of hydrogen-bond acceptors (Lipinski definition) is 3. The maximum Gasteiger partial charge on any atom is 0.310 e. The Morgan fingerprint density at radius 3 is 2.21 bits per heavy atom. The fourth-order valence-electron chi connectivity index (χ4n) is 10.8. The summed E-state index contributed by atoms with van der Waals surface area (Å²) in [5, 5.41) is 33.1. The number of aliphatic carboxylic acids is 1. The number of aliphatic hydroxyl groups is 2. The van der Waals surface area contributed by atoms with E-state index in [9.17, 15) is 20.1 Å². The van der Waals surface area contributed by atoms with Crippen molar-refractivity contribution in [2.24, 2.45) is 50.2 Å². The van der Waals surface area contributed by atoms with Gasteiger partial charge in [-0.25, -0.2) is 0 Å². The molecule has 3 N–H and O–H groups in total. The van der Waals surface area contributed by atoms with Crippen molar-refractivity contribution in [2.45, 2.75) is 118 Å². The smallest absolute Gasteiger partial charge is 0.310 e. The lowest BCUT2D eigenvalue weighted by Gasteiger charge is -2.72. The largest absolute Gasteiger partial charge is 0.481 e. The summed E-state index contributed by atoms with van der Waals surface area (Å²) >= 11 is 0. The number of carbonyl (C=O) groups is 1. The summed E-state index contributed by atoms with van der Waals surface area (Å²) in [5.41, 5.74) is 0.421. The maximum atomic E-state index is 12.8. The Bertz CT molecular complexity index is 919. The quantitative estimate of drug-likeness (QED) is 0.397. The average Bonchev–Trinajstić information content (AvgIpc) is 2.70. The first-order valence-corrected chi connectivity index (χ1v) is 13.9. The fourth-order valence-corrected chi connectivity index (χ4v) is 10.8. The Balaban J connectivity index is 1.63. The summed E-state index contributed by atoms with van der Waals surface area (Å²) in [6.45, 7) is 16.2. The summed E-state index contributed by atoms with van der Waals surface area (Å²) in [6.07, 6.45) is 9.49. The number of hydrogen-bond donors (Lipinski definition) is 3. The normalized spacial score (nSPS) is 53.4. The molecule has 192 valence electrons. The highest BCUT2D eigenvalue weighted by Crippen LogP contribution is 2.75. The molecular weight excluding hydrogens is 424 g/mol. The van der Waals surface area contributed by atoms with Crippen LogP contribution in [0.25, 0.3) is 0 Å².